The SMILES string of the molecule is CC(CCC1=C(C#N)CCC=C1)CNC(C)(C)C. The van der Waals surface area contributed by atoms with Crippen LogP contribution in [0.1, 0.15) is 53.4 Å². The van der Waals surface area contributed by atoms with Crippen LogP contribution in [0.5, 0.6) is 0 Å². The van der Waals surface area contributed by atoms with Crippen molar-refractivity contribution >= 4 is 0 Å². The molecular formula is C16H26N2. The number of rotatable bonds is 5. The highest BCUT2D eigenvalue weighted by molar-refractivity contribution is 5.37. The Morgan fingerprint density at radius 3 is 2.78 bits per heavy atom. The molecule has 0 aliphatic heterocycles. The maximum Gasteiger partial charge on any atom is 0.0950 e. The Morgan fingerprint density at radius 2 is 2.17 bits per heavy atom. The normalized spacial score (nSPS) is 17.7. The van der Waals surface area contributed by atoms with Crippen LogP contribution in [-0.4, -0.2) is 12.1 Å². The third-order valence-electron chi connectivity index (χ3n) is 3.29. The monoisotopic (exact) mass is 246 g/mol. The van der Waals surface area contributed by atoms with Gasteiger partial charge in [-0.15, -0.1) is 0 Å². The van der Waals surface area contributed by atoms with E-state index in [2.05, 4.69) is 51.2 Å². The molecule has 0 saturated carbocycles. The van der Waals surface area contributed by atoms with E-state index in [1.807, 2.05) is 0 Å². The molecule has 0 bridgehead atoms. The number of nitrogens with one attached hydrogen (secondary N) is 1. The zero-order valence-corrected chi connectivity index (χ0v) is 12.2. The molecule has 0 aromatic heterocycles. The second-order valence-corrected chi connectivity index (χ2v) is 6.33. The number of allylic oxidation sites excluding steroid dienone is 4. The van der Waals surface area contributed by atoms with Crippen LogP contribution in [-0.2, 0) is 0 Å². The molecule has 1 aliphatic carbocycles. The zero-order chi connectivity index (χ0) is 13.6. The Balaban J connectivity index is 2.39. The minimum absolute atomic E-state index is 0.191. The molecular weight excluding hydrogens is 220 g/mol. The largest absolute Gasteiger partial charge is 0.312 e. The minimum Gasteiger partial charge on any atom is -0.312 e. The van der Waals surface area contributed by atoms with Crippen LogP contribution in [0.15, 0.2) is 23.3 Å². The van der Waals surface area contributed by atoms with Crippen LogP contribution in [0.2, 0.25) is 0 Å². The maximum absolute atomic E-state index is 9.08. The Morgan fingerprint density at radius 1 is 1.44 bits per heavy atom. The van der Waals surface area contributed by atoms with E-state index in [1.54, 1.807) is 0 Å². The van der Waals surface area contributed by atoms with E-state index in [-0.39, 0.29) is 5.54 Å². The second-order valence-electron chi connectivity index (χ2n) is 6.33. The van der Waals surface area contributed by atoms with Crippen LogP contribution in [0.3, 0.4) is 0 Å². The molecule has 0 aromatic rings. The average Bonchev–Trinajstić information content (AvgIpc) is 2.33. The second kappa shape index (κ2) is 6.75. The summed E-state index contributed by atoms with van der Waals surface area (Å²) in [6.45, 7) is 9.90. The van der Waals surface area contributed by atoms with Gasteiger partial charge in [-0.2, -0.15) is 5.26 Å². The van der Waals surface area contributed by atoms with Crippen LogP contribution in [0.25, 0.3) is 0 Å². The fraction of sp³-hybridized carbons (Fsp3) is 0.688. The molecule has 2 nitrogen and oxygen atoms in total. The molecule has 0 heterocycles. The Labute approximate surface area is 112 Å². The standard InChI is InChI=1S/C16H26N2/c1-13(12-18-16(2,3)4)9-10-14-7-5-6-8-15(14)11-17/h5,7,13,18H,6,8-10,12H2,1-4H3. The molecule has 1 N–H and O–H groups in total. The van der Waals surface area contributed by atoms with Crippen LogP contribution >= 0.6 is 0 Å². The summed E-state index contributed by atoms with van der Waals surface area (Å²) in [5.74, 6) is 0.645. The van der Waals surface area contributed by atoms with Gasteiger partial charge >= 0.3 is 0 Å². The van der Waals surface area contributed by atoms with Crippen LogP contribution < -0.4 is 5.32 Å². The van der Waals surface area contributed by atoms with Gasteiger partial charge in [-0.05, 0) is 64.5 Å². The van der Waals surface area contributed by atoms with Gasteiger partial charge in [0.2, 0.25) is 0 Å². The Bertz CT molecular complexity index is 364. The van der Waals surface area contributed by atoms with E-state index in [4.69, 9.17) is 5.26 Å². The lowest BCUT2D eigenvalue weighted by atomic mass is 9.92. The first-order valence-electron chi connectivity index (χ1n) is 6.96. The lowest BCUT2D eigenvalue weighted by Gasteiger charge is -2.23. The summed E-state index contributed by atoms with van der Waals surface area (Å²) in [6.07, 6.45) is 8.46. The van der Waals surface area contributed by atoms with Crippen molar-refractivity contribution in [2.45, 2.75) is 58.9 Å². The molecule has 100 valence electrons. The van der Waals surface area contributed by atoms with E-state index in [0.29, 0.717) is 5.92 Å². The van der Waals surface area contributed by atoms with Gasteiger partial charge in [-0.25, -0.2) is 0 Å². The highest BCUT2D eigenvalue weighted by atomic mass is 14.9. The van der Waals surface area contributed by atoms with Crippen molar-refractivity contribution in [2.75, 3.05) is 6.54 Å². The van der Waals surface area contributed by atoms with E-state index >= 15 is 0 Å². The van der Waals surface area contributed by atoms with Gasteiger partial charge in [-0.1, -0.05) is 19.1 Å². The lowest BCUT2D eigenvalue weighted by Crippen LogP contribution is -2.38. The molecule has 1 unspecified atom stereocenters. The van der Waals surface area contributed by atoms with Crippen molar-refractivity contribution in [2.24, 2.45) is 5.92 Å². The van der Waals surface area contributed by atoms with Crippen molar-refractivity contribution in [3.05, 3.63) is 23.3 Å². The minimum atomic E-state index is 0.191. The van der Waals surface area contributed by atoms with Crippen molar-refractivity contribution < 1.29 is 0 Å². The van der Waals surface area contributed by atoms with Crippen molar-refractivity contribution in [3.8, 4) is 6.07 Å². The molecule has 0 saturated heterocycles. The van der Waals surface area contributed by atoms with Crippen molar-refractivity contribution in [1.29, 1.82) is 5.26 Å². The summed E-state index contributed by atoms with van der Waals surface area (Å²) < 4.78 is 0. The molecule has 1 rings (SSSR count). The van der Waals surface area contributed by atoms with Gasteiger partial charge in [0.15, 0.2) is 0 Å². The van der Waals surface area contributed by atoms with Crippen LogP contribution in [0, 0.1) is 17.2 Å². The van der Waals surface area contributed by atoms with E-state index in [9.17, 15) is 0 Å². The van der Waals surface area contributed by atoms with Crippen molar-refractivity contribution in [3.63, 3.8) is 0 Å². The molecule has 1 atom stereocenters. The molecule has 0 aromatic carbocycles. The first-order chi connectivity index (χ1) is 8.42. The van der Waals surface area contributed by atoms with Gasteiger partial charge in [-0.3, -0.25) is 0 Å². The highest BCUT2D eigenvalue weighted by Gasteiger charge is 2.13. The average molecular weight is 246 g/mol. The molecule has 0 spiro atoms. The topological polar surface area (TPSA) is 35.8 Å². The van der Waals surface area contributed by atoms with Gasteiger partial charge in [0.25, 0.3) is 0 Å². The Kier molecular flexibility index (Phi) is 5.62. The summed E-state index contributed by atoms with van der Waals surface area (Å²) in [6, 6.07) is 2.35. The first-order valence-corrected chi connectivity index (χ1v) is 6.96. The van der Waals surface area contributed by atoms with Gasteiger partial charge < -0.3 is 5.32 Å². The molecule has 2 heteroatoms. The first kappa shape index (κ1) is 15.0. The maximum atomic E-state index is 9.08. The number of nitriles is 1. The highest BCUT2D eigenvalue weighted by Crippen LogP contribution is 2.23. The van der Waals surface area contributed by atoms with Gasteiger partial charge in [0, 0.05) is 11.1 Å². The third-order valence-corrected chi connectivity index (χ3v) is 3.29. The van der Waals surface area contributed by atoms with Gasteiger partial charge in [0.1, 0.15) is 0 Å². The fourth-order valence-electron chi connectivity index (χ4n) is 2.06. The molecule has 18 heavy (non-hydrogen) atoms. The third kappa shape index (κ3) is 5.51. The van der Waals surface area contributed by atoms with Crippen molar-refractivity contribution in [1.82, 2.24) is 5.32 Å². The fourth-order valence-corrected chi connectivity index (χ4v) is 2.06. The molecule has 0 radical (unpaired) electrons. The van der Waals surface area contributed by atoms with Gasteiger partial charge in [0.05, 0.1) is 6.07 Å². The summed E-state index contributed by atoms with van der Waals surface area (Å²) >= 11 is 0. The van der Waals surface area contributed by atoms with E-state index in [1.165, 1.54) is 5.57 Å². The number of hydrogen-bond acceptors (Lipinski definition) is 2. The molecule has 1 aliphatic rings. The van der Waals surface area contributed by atoms with E-state index in [0.717, 1.165) is 37.8 Å². The number of nitrogens with zero attached hydrogens (tertiary/aromatic N) is 1. The summed E-state index contributed by atoms with van der Waals surface area (Å²) in [5.41, 5.74) is 2.44. The smallest absolute Gasteiger partial charge is 0.0950 e. The lowest BCUT2D eigenvalue weighted by molar-refractivity contribution is 0.372. The summed E-state index contributed by atoms with van der Waals surface area (Å²) in [4.78, 5) is 0. The summed E-state index contributed by atoms with van der Waals surface area (Å²) in [5, 5.41) is 12.6. The number of hydrogen-bond donors (Lipinski definition) is 1. The quantitative estimate of drug-likeness (QED) is 0.797. The zero-order valence-electron chi connectivity index (χ0n) is 12.2. The molecule has 0 amide bonds. The van der Waals surface area contributed by atoms with E-state index < -0.39 is 0 Å². The predicted octanol–water partition coefficient (Wildman–Crippen LogP) is 3.96. The van der Waals surface area contributed by atoms with Crippen LogP contribution in [0.4, 0.5) is 0 Å². The Hall–Kier alpha value is -1.07. The molecule has 0 fully saturated rings. The summed E-state index contributed by atoms with van der Waals surface area (Å²) in [7, 11) is 0. The predicted molar refractivity (Wildman–Crippen MR) is 77.2 cm³/mol.